The molecule has 0 spiro atoms. The van der Waals surface area contributed by atoms with E-state index in [4.69, 9.17) is 4.74 Å². The van der Waals surface area contributed by atoms with Gasteiger partial charge in [-0.3, -0.25) is 0 Å². The Balaban J connectivity index is 1.69. The van der Waals surface area contributed by atoms with Gasteiger partial charge in [-0.05, 0) is 19.8 Å². The number of carbonyl (C=O) groups is 1. The van der Waals surface area contributed by atoms with E-state index >= 15 is 0 Å². The third-order valence-electron chi connectivity index (χ3n) is 4.47. The predicted molar refractivity (Wildman–Crippen MR) is 84.8 cm³/mol. The maximum absolute atomic E-state index is 10.9. The molecule has 1 atom stereocenters. The Morgan fingerprint density at radius 3 is 1.45 bits per heavy atom. The van der Waals surface area contributed by atoms with Gasteiger partial charge in [0.15, 0.2) is 0 Å². The maximum Gasteiger partial charge on any atom is 0.351 e. The van der Waals surface area contributed by atoms with E-state index in [0.717, 1.165) is 12.8 Å². The van der Waals surface area contributed by atoms with Crippen LogP contribution in [0.4, 0.5) is 0 Å². The molecule has 0 N–H and O–H groups in total. The molecular weight excluding hydrogens is 248 g/mol. The highest BCUT2D eigenvalue weighted by Gasteiger charge is 2.52. The van der Waals surface area contributed by atoms with Crippen LogP contribution in [0.2, 0.25) is 0 Å². The lowest BCUT2D eigenvalue weighted by Crippen LogP contribution is -2.05. The van der Waals surface area contributed by atoms with Gasteiger partial charge in [0.05, 0.1) is 0 Å². The van der Waals surface area contributed by atoms with E-state index in [9.17, 15) is 4.79 Å². The van der Waals surface area contributed by atoms with Crippen LogP contribution >= 0.6 is 0 Å². The van der Waals surface area contributed by atoms with E-state index in [1.807, 2.05) is 6.92 Å². The molecule has 2 nitrogen and oxygen atoms in total. The van der Waals surface area contributed by atoms with Crippen LogP contribution in [-0.4, -0.2) is 11.6 Å². The summed E-state index contributed by atoms with van der Waals surface area (Å²) in [6, 6.07) is 0. The van der Waals surface area contributed by atoms with Crippen LogP contribution in [0.25, 0.3) is 0 Å². The standard InChI is InChI=1S/C18H34O2/c1-3-4-5-6-7-8-9-10-11-12-13-14-15-16-18(2)17(19)20-18/h3-16H2,1-2H3/t18-/m1/s1. The van der Waals surface area contributed by atoms with Crippen LogP contribution in [0.15, 0.2) is 0 Å². The van der Waals surface area contributed by atoms with E-state index in [2.05, 4.69) is 6.92 Å². The molecule has 118 valence electrons. The number of unbranched alkanes of at least 4 members (excludes halogenated alkanes) is 12. The van der Waals surface area contributed by atoms with Gasteiger partial charge in [-0.25, -0.2) is 4.79 Å². The van der Waals surface area contributed by atoms with Gasteiger partial charge in [0.1, 0.15) is 0 Å². The number of epoxide rings is 1. The van der Waals surface area contributed by atoms with Gasteiger partial charge >= 0.3 is 5.97 Å². The summed E-state index contributed by atoms with van der Waals surface area (Å²) >= 11 is 0. The first-order chi connectivity index (χ1) is 9.69. The van der Waals surface area contributed by atoms with Crippen molar-refractivity contribution in [1.29, 1.82) is 0 Å². The van der Waals surface area contributed by atoms with Crippen LogP contribution in [-0.2, 0) is 9.53 Å². The second-order valence-electron chi connectivity index (χ2n) is 6.61. The highest BCUT2D eigenvalue weighted by atomic mass is 16.7. The summed E-state index contributed by atoms with van der Waals surface area (Å²) in [6.07, 6.45) is 18.7. The fourth-order valence-corrected chi connectivity index (χ4v) is 2.81. The molecule has 20 heavy (non-hydrogen) atoms. The second kappa shape index (κ2) is 10.2. The van der Waals surface area contributed by atoms with E-state index in [-0.39, 0.29) is 5.97 Å². The van der Waals surface area contributed by atoms with Crippen LogP contribution in [0, 0.1) is 0 Å². The van der Waals surface area contributed by atoms with Crippen LogP contribution in [0.5, 0.6) is 0 Å². The average Bonchev–Trinajstić information content (AvgIpc) is 3.03. The van der Waals surface area contributed by atoms with Crippen molar-refractivity contribution in [1.82, 2.24) is 0 Å². The smallest absolute Gasteiger partial charge is 0.351 e. The van der Waals surface area contributed by atoms with Crippen molar-refractivity contribution in [2.45, 2.75) is 109 Å². The minimum atomic E-state index is -0.391. The quantitative estimate of drug-likeness (QED) is 0.298. The Morgan fingerprint density at radius 1 is 0.750 bits per heavy atom. The SMILES string of the molecule is CCCCCCCCCCCCCCC[C@@]1(C)OC1=O. The van der Waals surface area contributed by atoms with Crippen LogP contribution in [0.3, 0.4) is 0 Å². The van der Waals surface area contributed by atoms with Gasteiger partial charge < -0.3 is 4.74 Å². The first-order valence-corrected chi connectivity index (χ1v) is 8.92. The summed E-state index contributed by atoms with van der Waals surface area (Å²) in [5, 5.41) is 0. The topological polar surface area (TPSA) is 29.6 Å². The third-order valence-corrected chi connectivity index (χ3v) is 4.47. The summed E-state index contributed by atoms with van der Waals surface area (Å²) in [6.45, 7) is 4.19. The summed E-state index contributed by atoms with van der Waals surface area (Å²) < 4.78 is 4.97. The first kappa shape index (κ1) is 17.5. The lowest BCUT2D eigenvalue weighted by molar-refractivity contribution is -0.117. The van der Waals surface area contributed by atoms with Crippen molar-refractivity contribution in [2.24, 2.45) is 0 Å². The summed E-state index contributed by atoms with van der Waals surface area (Å²) in [4.78, 5) is 10.9. The summed E-state index contributed by atoms with van der Waals surface area (Å²) in [7, 11) is 0. The minimum absolute atomic E-state index is 0.00330. The number of hydrogen-bond donors (Lipinski definition) is 0. The van der Waals surface area contributed by atoms with Gasteiger partial charge in [-0.15, -0.1) is 0 Å². The zero-order chi connectivity index (χ0) is 14.7. The number of hydrogen-bond acceptors (Lipinski definition) is 2. The molecule has 0 radical (unpaired) electrons. The molecular formula is C18H34O2. The molecule has 0 amide bonds. The lowest BCUT2D eigenvalue weighted by Gasteiger charge is -2.03. The van der Waals surface area contributed by atoms with Crippen molar-refractivity contribution in [3.63, 3.8) is 0 Å². The summed E-state index contributed by atoms with van der Waals surface area (Å²) in [5.41, 5.74) is -0.391. The predicted octanol–water partition coefficient (Wildman–Crippen LogP) is 5.78. The summed E-state index contributed by atoms with van der Waals surface area (Å²) in [5.74, 6) is -0.00330. The Hall–Kier alpha value is -0.530. The van der Waals surface area contributed by atoms with Crippen molar-refractivity contribution in [3.8, 4) is 0 Å². The number of ether oxygens (including phenoxy) is 1. The zero-order valence-electron chi connectivity index (χ0n) is 13.7. The van der Waals surface area contributed by atoms with Crippen LogP contribution in [0.1, 0.15) is 104 Å². The molecule has 0 aromatic carbocycles. The molecule has 0 aliphatic carbocycles. The Morgan fingerprint density at radius 2 is 1.10 bits per heavy atom. The van der Waals surface area contributed by atoms with Gasteiger partial charge in [-0.1, -0.05) is 84.0 Å². The normalized spacial score (nSPS) is 21.0. The third kappa shape index (κ3) is 7.91. The molecule has 0 aromatic heterocycles. The molecule has 1 heterocycles. The van der Waals surface area contributed by atoms with E-state index < -0.39 is 5.60 Å². The van der Waals surface area contributed by atoms with Gasteiger partial charge in [0.25, 0.3) is 0 Å². The second-order valence-corrected chi connectivity index (χ2v) is 6.61. The van der Waals surface area contributed by atoms with E-state index in [1.165, 1.54) is 77.0 Å². The Kier molecular flexibility index (Phi) is 8.97. The Bertz CT molecular complexity index is 262. The first-order valence-electron chi connectivity index (χ1n) is 8.92. The molecule has 0 aromatic rings. The largest absolute Gasteiger partial charge is 0.444 e. The number of cyclic esters (lactones) is 1. The number of rotatable bonds is 14. The fraction of sp³-hybridized carbons (Fsp3) is 0.944. The molecule has 1 aliphatic rings. The zero-order valence-corrected chi connectivity index (χ0v) is 13.7. The molecule has 0 saturated carbocycles. The molecule has 1 fully saturated rings. The van der Waals surface area contributed by atoms with Crippen molar-refractivity contribution >= 4 is 5.97 Å². The highest BCUT2D eigenvalue weighted by molar-refractivity contribution is 5.92. The van der Waals surface area contributed by atoms with Crippen molar-refractivity contribution in [3.05, 3.63) is 0 Å². The van der Waals surface area contributed by atoms with Gasteiger partial charge in [0, 0.05) is 0 Å². The minimum Gasteiger partial charge on any atom is -0.444 e. The van der Waals surface area contributed by atoms with Gasteiger partial charge in [0.2, 0.25) is 5.60 Å². The number of carbonyl (C=O) groups excluding carboxylic acids is 1. The van der Waals surface area contributed by atoms with E-state index in [1.54, 1.807) is 0 Å². The monoisotopic (exact) mass is 282 g/mol. The van der Waals surface area contributed by atoms with E-state index in [0.29, 0.717) is 0 Å². The van der Waals surface area contributed by atoms with Crippen LogP contribution < -0.4 is 0 Å². The molecule has 1 aliphatic heterocycles. The van der Waals surface area contributed by atoms with Crippen molar-refractivity contribution in [2.75, 3.05) is 0 Å². The fourth-order valence-electron chi connectivity index (χ4n) is 2.81. The molecule has 1 saturated heterocycles. The molecule has 0 unspecified atom stereocenters. The maximum atomic E-state index is 10.9. The highest BCUT2D eigenvalue weighted by Crippen LogP contribution is 2.34. The molecule has 2 heteroatoms. The average molecular weight is 282 g/mol. The van der Waals surface area contributed by atoms with Gasteiger partial charge in [-0.2, -0.15) is 0 Å². The Labute approximate surface area is 125 Å². The lowest BCUT2D eigenvalue weighted by atomic mass is 10.0. The molecule has 1 rings (SSSR count). The molecule has 0 bridgehead atoms. The van der Waals surface area contributed by atoms with Crippen molar-refractivity contribution < 1.29 is 9.53 Å².